The summed E-state index contributed by atoms with van der Waals surface area (Å²) < 4.78 is 0. The van der Waals surface area contributed by atoms with Gasteiger partial charge in [-0.3, -0.25) is 0 Å². The normalized spacial score (nSPS) is 16.5. The summed E-state index contributed by atoms with van der Waals surface area (Å²) in [4.78, 5) is 12.1. The van der Waals surface area contributed by atoms with Gasteiger partial charge < -0.3 is 10.1 Å². The van der Waals surface area contributed by atoms with Gasteiger partial charge in [0.2, 0.25) is 0 Å². The fraction of sp³-hybridized carbons (Fsp3) is 0.0833. The highest BCUT2D eigenvalue weighted by Crippen LogP contribution is 2.08. The monoisotopic (exact) mass is 229 g/mol. The molecule has 0 aliphatic carbocycles. The summed E-state index contributed by atoms with van der Waals surface area (Å²) in [6.07, 6.45) is 6.32. The van der Waals surface area contributed by atoms with E-state index < -0.39 is 0 Å². The summed E-state index contributed by atoms with van der Waals surface area (Å²) in [5, 5.41) is 16.2. The number of hydrogen-bond acceptors (Lipinski definition) is 5. The number of nitroso groups, excluding NO2 is 1. The molecule has 2 rings (SSSR count). The lowest BCUT2D eigenvalue weighted by molar-refractivity contribution is 0.319. The van der Waals surface area contributed by atoms with Crippen molar-refractivity contribution in [3.05, 3.63) is 51.5 Å². The third-order valence-electron chi connectivity index (χ3n) is 2.47. The predicted molar refractivity (Wildman–Crippen MR) is 65.5 cm³/mol. The Morgan fingerprint density at radius 3 is 2.76 bits per heavy atom. The summed E-state index contributed by atoms with van der Waals surface area (Å²) in [7, 11) is 0. The van der Waals surface area contributed by atoms with Crippen LogP contribution in [0.3, 0.4) is 0 Å². The molecular formula is C12H11N3O2. The van der Waals surface area contributed by atoms with Crippen LogP contribution < -0.4 is 10.4 Å². The molecule has 0 bridgehead atoms. The topological polar surface area (TPSA) is 65.3 Å². The van der Waals surface area contributed by atoms with Crippen molar-refractivity contribution in [2.45, 2.75) is 0 Å². The van der Waals surface area contributed by atoms with Crippen molar-refractivity contribution in [3.63, 3.8) is 0 Å². The number of oxime groups is 1. The van der Waals surface area contributed by atoms with Crippen molar-refractivity contribution in [1.29, 1.82) is 0 Å². The number of nitrogens with zero attached hydrogens (tertiary/aromatic N) is 3. The minimum absolute atomic E-state index is 0.378. The molecule has 1 heterocycles. The molecule has 0 saturated carbocycles. The number of benzene rings is 1. The average Bonchev–Trinajstić information content (AvgIpc) is 2.36. The molecule has 0 amide bonds. The number of hydrogen-bond donors (Lipinski definition) is 1. The summed E-state index contributed by atoms with van der Waals surface area (Å²) in [6, 6.07) is 7.80. The van der Waals surface area contributed by atoms with Gasteiger partial charge in [-0.15, -0.1) is 10.1 Å². The molecule has 0 aromatic heterocycles. The van der Waals surface area contributed by atoms with Crippen LogP contribution in [-0.4, -0.2) is 22.9 Å². The molecule has 0 radical (unpaired) electrons. The van der Waals surface area contributed by atoms with Gasteiger partial charge >= 0.3 is 0 Å². The van der Waals surface area contributed by atoms with E-state index >= 15 is 0 Å². The zero-order valence-corrected chi connectivity index (χ0v) is 9.02. The lowest BCUT2D eigenvalue weighted by atomic mass is 10.1. The Labute approximate surface area is 97.6 Å². The van der Waals surface area contributed by atoms with Crippen molar-refractivity contribution in [2.75, 3.05) is 6.54 Å². The van der Waals surface area contributed by atoms with E-state index in [1.165, 1.54) is 12.4 Å². The molecule has 1 N–H and O–H groups in total. The molecule has 0 unspecified atom stereocenters. The van der Waals surface area contributed by atoms with Crippen molar-refractivity contribution >= 4 is 18.5 Å². The Balaban J connectivity index is 2.49. The second kappa shape index (κ2) is 5.07. The highest BCUT2D eigenvalue weighted by atomic mass is 16.4. The summed E-state index contributed by atoms with van der Waals surface area (Å²) in [5.74, 6) is 0. The van der Waals surface area contributed by atoms with Gasteiger partial charge in [0, 0.05) is 6.20 Å². The molecule has 5 nitrogen and oxygen atoms in total. The van der Waals surface area contributed by atoms with E-state index in [0.717, 1.165) is 10.4 Å². The molecule has 1 aromatic carbocycles. The molecular weight excluding hydrogens is 218 g/mol. The lowest BCUT2D eigenvalue weighted by Gasteiger charge is -2.21. The molecule has 86 valence electrons. The maximum atomic E-state index is 10.3. The van der Waals surface area contributed by atoms with Crippen LogP contribution >= 0.6 is 0 Å². The second-order valence-electron chi connectivity index (χ2n) is 3.51. The average molecular weight is 229 g/mol. The third kappa shape index (κ3) is 2.39. The fourth-order valence-electron chi connectivity index (χ4n) is 1.69. The minimum Gasteiger partial charge on any atom is -0.411 e. The maximum Gasteiger partial charge on any atom is 0.0952 e. The van der Waals surface area contributed by atoms with Crippen LogP contribution in [0.5, 0.6) is 0 Å². The van der Waals surface area contributed by atoms with Gasteiger partial charge in [-0.25, -0.2) is 0 Å². The quantitative estimate of drug-likeness (QED) is 0.357. The zero-order chi connectivity index (χ0) is 12.1. The largest absolute Gasteiger partial charge is 0.411 e. The number of fused-ring (bicyclic) bond motifs is 1. The Morgan fingerprint density at radius 2 is 2.06 bits per heavy atom. The van der Waals surface area contributed by atoms with Crippen molar-refractivity contribution < 1.29 is 5.21 Å². The van der Waals surface area contributed by atoms with Crippen molar-refractivity contribution in [1.82, 2.24) is 4.90 Å². The minimum atomic E-state index is 0.378. The van der Waals surface area contributed by atoms with Crippen LogP contribution in [0.15, 0.2) is 46.5 Å². The van der Waals surface area contributed by atoms with E-state index in [1.807, 2.05) is 36.5 Å². The van der Waals surface area contributed by atoms with E-state index in [0.29, 0.717) is 12.2 Å². The van der Waals surface area contributed by atoms with Gasteiger partial charge in [-0.2, -0.15) is 0 Å². The first kappa shape index (κ1) is 11.1. The summed E-state index contributed by atoms with van der Waals surface area (Å²) >= 11 is 0. The van der Waals surface area contributed by atoms with Crippen molar-refractivity contribution in [2.24, 2.45) is 10.3 Å². The Morgan fingerprint density at radius 1 is 1.29 bits per heavy atom. The SMILES string of the molecule is O=NC=C1C=c2ccccc2=CN1CC=NO. The Bertz CT molecular complexity index is 590. The fourth-order valence-corrected chi connectivity index (χ4v) is 1.69. The number of allylic oxidation sites excluding steroid dienone is 1. The van der Waals surface area contributed by atoms with Crippen LogP contribution in [-0.2, 0) is 0 Å². The first-order valence-electron chi connectivity index (χ1n) is 5.09. The third-order valence-corrected chi connectivity index (χ3v) is 2.47. The van der Waals surface area contributed by atoms with E-state index in [1.54, 1.807) is 4.90 Å². The standard InChI is InChI=1S/C12H11N3O2/c16-13-5-6-15-9-11-4-2-1-3-10(11)7-12(15)8-14-17/h1-5,7-9,16H,6H2. The molecule has 0 atom stereocenters. The molecule has 1 aliphatic heterocycles. The molecule has 0 saturated heterocycles. The molecule has 1 aliphatic rings. The zero-order valence-electron chi connectivity index (χ0n) is 9.02. The van der Waals surface area contributed by atoms with E-state index in [9.17, 15) is 4.91 Å². The van der Waals surface area contributed by atoms with Crippen LogP contribution in [0.4, 0.5) is 0 Å². The smallest absolute Gasteiger partial charge is 0.0952 e. The van der Waals surface area contributed by atoms with Gasteiger partial charge in [0.05, 0.1) is 24.7 Å². The van der Waals surface area contributed by atoms with Gasteiger partial charge in [0.25, 0.3) is 0 Å². The molecule has 1 aromatic rings. The molecule has 17 heavy (non-hydrogen) atoms. The summed E-state index contributed by atoms with van der Waals surface area (Å²) in [5.41, 5.74) is 0.665. The predicted octanol–water partition coefficient (Wildman–Crippen LogP) is 0.589. The Kier molecular flexibility index (Phi) is 3.30. The van der Waals surface area contributed by atoms with Crippen molar-refractivity contribution in [3.8, 4) is 0 Å². The van der Waals surface area contributed by atoms with Crippen LogP contribution in [0.1, 0.15) is 0 Å². The highest BCUT2D eigenvalue weighted by molar-refractivity contribution is 5.64. The van der Waals surface area contributed by atoms with Gasteiger partial charge in [0.1, 0.15) is 0 Å². The maximum absolute atomic E-state index is 10.3. The van der Waals surface area contributed by atoms with Gasteiger partial charge in [-0.05, 0) is 21.7 Å². The van der Waals surface area contributed by atoms with E-state index in [2.05, 4.69) is 10.3 Å². The molecule has 5 heteroatoms. The second-order valence-corrected chi connectivity index (χ2v) is 3.51. The molecule has 0 spiro atoms. The van der Waals surface area contributed by atoms with Crippen LogP contribution in [0.25, 0.3) is 12.3 Å². The molecule has 0 fully saturated rings. The first-order valence-corrected chi connectivity index (χ1v) is 5.09. The van der Waals surface area contributed by atoms with Gasteiger partial charge in [-0.1, -0.05) is 24.3 Å². The van der Waals surface area contributed by atoms with E-state index in [4.69, 9.17) is 5.21 Å². The summed E-state index contributed by atoms with van der Waals surface area (Å²) in [6.45, 7) is 0.378. The van der Waals surface area contributed by atoms with Gasteiger partial charge in [0.15, 0.2) is 0 Å². The highest BCUT2D eigenvalue weighted by Gasteiger charge is 2.07. The van der Waals surface area contributed by atoms with Crippen LogP contribution in [0.2, 0.25) is 0 Å². The van der Waals surface area contributed by atoms with E-state index in [-0.39, 0.29) is 0 Å². The first-order chi connectivity index (χ1) is 8.35. The Hall–Kier alpha value is -2.43. The van der Waals surface area contributed by atoms with Crippen LogP contribution in [0, 0.1) is 4.91 Å². The number of rotatable bonds is 3. The lowest BCUT2D eigenvalue weighted by Crippen LogP contribution is -2.34.